The van der Waals surface area contributed by atoms with Gasteiger partial charge in [-0.3, -0.25) is 0 Å². The molecule has 3 nitrogen and oxygen atoms in total. The van der Waals surface area contributed by atoms with Crippen LogP contribution in [0.5, 0.6) is 0 Å². The van der Waals surface area contributed by atoms with Gasteiger partial charge in [0.05, 0.1) is 5.25 Å². The summed E-state index contributed by atoms with van der Waals surface area (Å²) in [6.45, 7) is 2.31. The molecule has 1 saturated carbocycles. The Kier molecular flexibility index (Phi) is 4.76. The van der Waals surface area contributed by atoms with E-state index in [1.807, 2.05) is 18.8 Å². The molecule has 2 atom stereocenters. The number of hydrogen-bond donors (Lipinski definition) is 1. The van der Waals surface area contributed by atoms with Gasteiger partial charge in [-0.05, 0) is 12.8 Å². The highest BCUT2D eigenvalue weighted by atomic mass is 32.2. The van der Waals surface area contributed by atoms with E-state index in [-0.39, 0.29) is 0 Å². The lowest BCUT2D eigenvalue weighted by atomic mass is 10.0. The first-order valence-corrected chi connectivity index (χ1v) is 9.67. The molecule has 0 bridgehead atoms. The fourth-order valence-electron chi connectivity index (χ4n) is 3.09. The second-order valence-corrected chi connectivity index (χ2v) is 8.37. The Morgan fingerprint density at radius 1 is 1.15 bits per heavy atom. The molecule has 1 N–H and O–H groups in total. The van der Waals surface area contributed by atoms with Gasteiger partial charge in [0, 0.05) is 41.5 Å². The predicted octanol–water partition coefficient (Wildman–Crippen LogP) is 4.09. The van der Waals surface area contributed by atoms with Crippen molar-refractivity contribution in [2.45, 2.75) is 49.0 Å². The third-order valence-corrected chi connectivity index (χ3v) is 7.32. The summed E-state index contributed by atoms with van der Waals surface area (Å²) in [5.41, 5.74) is 1.26. The topological polar surface area (TPSA) is 37.8 Å². The first kappa shape index (κ1) is 14.5. The van der Waals surface area contributed by atoms with Crippen molar-refractivity contribution >= 4 is 29.3 Å². The minimum Gasteiger partial charge on any atom is -0.373 e. The van der Waals surface area contributed by atoms with Crippen LogP contribution in [0, 0.1) is 0 Å². The lowest BCUT2D eigenvalue weighted by Crippen LogP contribution is -2.19. The molecule has 0 radical (unpaired) electrons. The summed E-state index contributed by atoms with van der Waals surface area (Å²) in [4.78, 5) is 9.69. The maximum Gasteiger partial charge on any atom is 0.145 e. The molecule has 1 aromatic heterocycles. The zero-order chi connectivity index (χ0) is 13.9. The van der Waals surface area contributed by atoms with Gasteiger partial charge in [0.25, 0.3) is 0 Å². The summed E-state index contributed by atoms with van der Waals surface area (Å²) in [6, 6.07) is 2.16. The van der Waals surface area contributed by atoms with Crippen LogP contribution in [-0.2, 0) is 0 Å². The fourth-order valence-corrected chi connectivity index (χ4v) is 5.78. The highest BCUT2D eigenvalue weighted by Gasteiger charge is 2.28. The molecular formula is C15H23N3S2. The molecular weight excluding hydrogens is 286 g/mol. The number of rotatable bonds is 3. The van der Waals surface area contributed by atoms with Crippen molar-refractivity contribution in [3.8, 4) is 0 Å². The second-order valence-electron chi connectivity index (χ2n) is 5.63. The SMILES string of the molecule is CNc1cc(C2CCCC2)nc(C2SCCSC2C)n1. The average molecular weight is 310 g/mol. The largest absolute Gasteiger partial charge is 0.373 e. The fraction of sp³-hybridized carbons (Fsp3) is 0.733. The Morgan fingerprint density at radius 3 is 2.60 bits per heavy atom. The minimum absolute atomic E-state index is 0.446. The number of thioether (sulfide) groups is 2. The van der Waals surface area contributed by atoms with Crippen LogP contribution < -0.4 is 5.32 Å². The third-order valence-electron chi connectivity index (χ3n) is 4.24. The summed E-state index contributed by atoms with van der Waals surface area (Å²) >= 11 is 4.07. The molecule has 1 saturated heterocycles. The highest BCUT2D eigenvalue weighted by Crippen LogP contribution is 2.42. The van der Waals surface area contributed by atoms with Gasteiger partial charge in [-0.1, -0.05) is 19.8 Å². The van der Waals surface area contributed by atoms with Crippen LogP contribution in [0.4, 0.5) is 5.82 Å². The Bertz CT molecular complexity index is 460. The van der Waals surface area contributed by atoms with Crippen LogP contribution in [-0.4, -0.2) is 33.8 Å². The average Bonchev–Trinajstić information content (AvgIpc) is 3.01. The van der Waals surface area contributed by atoms with E-state index >= 15 is 0 Å². The number of aromatic nitrogens is 2. The zero-order valence-electron chi connectivity index (χ0n) is 12.3. The molecule has 2 fully saturated rings. The predicted molar refractivity (Wildman–Crippen MR) is 89.9 cm³/mol. The lowest BCUT2D eigenvalue weighted by molar-refractivity contribution is 0.679. The van der Waals surface area contributed by atoms with E-state index in [1.165, 1.54) is 42.9 Å². The van der Waals surface area contributed by atoms with Crippen LogP contribution >= 0.6 is 23.5 Å². The van der Waals surface area contributed by atoms with Crippen LogP contribution in [0.15, 0.2) is 6.07 Å². The van der Waals surface area contributed by atoms with E-state index in [0.29, 0.717) is 16.4 Å². The Balaban J connectivity index is 1.90. The van der Waals surface area contributed by atoms with Crippen molar-refractivity contribution in [2.24, 2.45) is 0 Å². The molecule has 3 rings (SSSR count). The molecule has 2 unspecified atom stereocenters. The first-order chi connectivity index (χ1) is 9.78. The number of hydrogen-bond acceptors (Lipinski definition) is 5. The summed E-state index contributed by atoms with van der Waals surface area (Å²) in [7, 11) is 1.96. The minimum atomic E-state index is 0.446. The van der Waals surface area contributed by atoms with Crippen LogP contribution in [0.1, 0.15) is 55.3 Å². The molecule has 1 aliphatic heterocycles. The molecule has 0 spiro atoms. The van der Waals surface area contributed by atoms with E-state index in [9.17, 15) is 0 Å². The van der Waals surface area contributed by atoms with Crippen LogP contribution in [0.2, 0.25) is 0 Å². The molecule has 1 aromatic rings. The summed E-state index contributed by atoms with van der Waals surface area (Å²) in [5.74, 6) is 5.15. The van der Waals surface area contributed by atoms with Crippen molar-refractivity contribution < 1.29 is 0 Å². The van der Waals surface area contributed by atoms with E-state index in [0.717, 1.165) is 11.6 Å². The standard InChI is InChI=1S/C15H23N3S2/c1-10-14(20-8-7-19-10)15-17-12(9-13(16-2)18-15)11-5-3-4-6-11/h9-11,14H,3-8H2,1-2H3,(H,16,17,18). The van der Waals surface area contributed by atoms with Crippen molar-refractivity contribution in [1.82, 2.24) is 9.97 Å². The monoisotopic (exact) mass is 309 g/mol. The number of anilines is 1. The molecule has 0 aromatic carbocycles. The maximum absolute atomic E-state index is 4.95. The number of nitrogens with one attached hydrogen (secondary N) is 1. The Labute approximate surface area is 130 Å². The normalized spacial score (nSPS) is 27.7. The van der Waals surface area contributed by atoms with Gasteiger partial charge in [0.2, 0.25) is 0 Å². The number of nitrogens with zero attached hydrogens (tertiary/aromatic N) is 2. The first-order valence-electron chi connectivity index (χ1n) is 7.58. The summed E-state index contributed by atoms with van der Waals surface area (Å²) in [6.07, 6.45) is 5.29. The third kappa shape index (κ3) is 3.08. The zero-order valence-corrected chi connectivity index (χ0v) is 13.9. The van der Waals surface area contributed by atoms with Gasteiger partial charge in [-0.25, -0.2) is 9.97 Å². The smallest absolute Gasteiger partial charge is 0.145 e. The van der Waals surface area contributed by atoms with E-state index in [2.05, 4.69) is 30.1 Å². The van der Waals surface area contributed by atoms with Crippen molar-refractivity contribution in [2.75, 3.05) is 23.9 Å². The van der Waals surface area contributed by atoms with Crippen LogP contribution in [0.3, 0.4) is 0 Å². The van der Waals surface area contributed by atoms with Gasteiger partial charge in [-0.15, -0.1) is 11.8 Å². The molecule has 0 amide bonds. The van der Waals surface area contributed by atoms with Crippen molar-refractivity contribution in [3.63, 3.8) is 0 Å². The van der Waals surface area contributed by atoms with Gasteiger partial charge in [-0.2, -0.15) is 11.8 Å². The molecule has 110 valence electrons. The van der Waals surface area contributed by atoms with Gasteiger partial charge < -0.3 is 5.32 Å². The van der Waals surface area contributed by atoms with E-state index in [1.54, 1.807) is 0 Å². The Morgan fingerprint density at radius 2 is 1.90 bits per heavy atom. The summed E-state index contributed by atoms with van der Waals surface area (Å²) < 4.78 is 0. The van der Waals surface area contributed by atoms with E-state index < -0.39 is 0 Å². The quantitative estimate of drug-likeness (QED) is 0.910. The maximum atomic E-state index is 4.95. The molecule has 2 heterocycles. The lowest BCUT2D eigenvalue weighted by Gasteiger charge is -2.27. The summed E-state index contributed by atoms with van der Waals surface area (Å²) in [5, 5.41) is 4.27. The van der Waals surface area contributed by atoms with Crippen molar-refractivity contribution in [3.05, 3.63) is 17.6 Å². The van der Waals surface area contributed by atoms with Gasteiger partial charge >= 0.3 is 0 Å². The molecule has 20 heavy (non-hydrogen) atoms. The molecule has 1 aliphatic carbocycles. The van der Waals surface area contributed by atoms with Crippen molar-refractivity contribution in [1.29, 1.82) is 0 Å². The van der Waals surface area contributed by atoms with Gasteiger partial charge in [0.1, 0.15) is 11.6 Å². The van der Waals surface area contributed by atoms with E-state index in [4.69, 9.17) is 9.97 Å². The molecule has 2 aliphatic rings. The Hall–Kier alpha value is -0.420. The second kappa shape index (κ2) is 6.56. The molecule has 5 heteroatoms. The highest BCUT2D eigenvalue weighted by molar-refractivity contribution is 8.06. The van der Waals surface area contributed by atoms with Crippen LogP contribution in [0.25, 0.3) is 0 Å². The van der Waals surface area contributed by atoms with Gasteiger partial charge in [0.15, 0.2) is 0 Å².